The molecule has 140 valence electrons. The van der Waals surface area contributed by atoms with Gasteiger partial charge in [-0.3, -0.25) is 4.79 Å². The Labute approximate surface area is 149 Å². The van der Waals surface area contributed by atoms with Crippen molar-refractivity contribution in [3.05, 3.63) is 65.2 Å². The molecule has 0 aliphatic carbocycles. The predicted molar refractivity (Wildman–Crippen MR) is 89.9 cm³/mol. The lowest BCUT2D eigenvalue weighted by atomic mass is 10.1. The fourth-order valence-corrected chi connectivity index (χ4v) is 3.71. The van der Waals surface area contributed by atoms with Crippen LogP contribution >= 0.6 is 0 Å². The standard InChI is InChI=1S/C17H17F3N2O3S/c1-21-16(23)13-9-7-12(8-10-13)11-22(2)26(24,25)15-6-4-3-5-14(15)17(18,19)20/h3-10H,11H2,1-2H3,(H,21,23). The summed E-state index contributed by atoms with van der Waals surface area (Å²) in [5.41, 5.74) is -0.279. The molecule has 1 amide bonds. The van der Waals surface area contributed by atoms with Gasteiger partial charge in [-0.05, 0) is 29.8 Å². The van der Waals surface area contributed by atoms with Gasteiger partial charge in [-0.15, -0.1) is 0 Å². The number of rotatable bonds is 5. The maximum absolute atomic E-state index is 13.1. The molecule has 0 saturated carbocycles. The summed E-state index contributed by atoms with van der Waals surface area (Å²) in [7, 11) is -1.66. The number of nitrogens with zero attached hydrogens (tertiary/aromatic N) is 1. The Hall–Kier alpha value is -2.39. The van der Waals surface area contributed by atoms with Gasteiger partial charge < -0.3 is 5.32 Å². The molecule has 0 aliphatic rings. The van der Waals surface area contributed by atoms with E-state index in [0.29, 0.717) is 11.1 Å². The van der Waals surface area contributed by atoms with Gasteiger partial charge in [0.05, 0.1) is 10.5 Å². The zero-order valence-electron chi connectivity index (χ0n) is 14.0. The van der Waals surface area contributed by atoms with Gasteiger partial charge in [0, 0.05) is 26.2 Å². The maximum atomic E-state index is 13.1. The summed E-state index contributed by atoms with van der Waals surface area (Å²) in [6, 6.07) is 10.2. The van der Waals surface area contributed by atoms with Gasteiger partial charge in [-0.25, -0.2) is 8.42 Å². The van der Waals surface area contributed by atoms with Crippen LogP contribution in [0.1, 0.15) is 21.5 Å². The highest BCUT2D eigenvalue weighted by atomic mass is 32.2. The molecule has 0 bridgehead atoms. The second-order valence-electron chi connectivity index (χ2n) is 5.53. The van der Waals surface area contributed by atoms with Crippen LogP contribution < -0.4 is 5.32 Å². The van der Waals surface area contributed by atoms with Gasteiger partial charge in [-0.2, -0.15) is 17.5 Å². The van der Waals surface area contributed by atoms with Gasteiger partial charge in [0.15, 0.2) is 0 Å². The molecule has 9 heteroatoms. The summed E-state index contributed by atoms with van der Waals surface area (Å²) < 4.78 is 65.3. The molecule has 0 fully saturated rings. The van der Waals surface area contributed by atoms with Crippen molar-refractivity contribution in [2.24, 2.45) is 0 Å². The summed E-state index contributed by atoms with van der Waals surface area (Å²) in [5, 5.41) is 2.46. The normalized spacial score (nSPS) is 12.2. The number of alkyl halides is 3. The first-order valence-electron chi connectivity index (χ1n) is 7.51. The third-order valence-electron chi connectivity index (χ3n) is 3.73. The van der Waals surface area contributed by atoms with Crippen molar-refractivity contribution in [3.8, 4) is 0 Å². The van der Waals surface area contributed by atoms with Crippen molar-refractivity contribution in [2.45, 2.75) is 17.6 Å². The third kappa shape index (κ3) is 4.23. The summed E-state index contributed by atoms with van der Waals surface area (Å²) in [5.74, 6) is -0.295. The molecular formula is C17H17F3N2O3S. The summed E-state index contributed by atoms with van der Waals surface area (Å²) in [4.78, 5) is 10.7. The van der Waals surface area contributed by atoms with E-state index < -0.39 is 26.7 Å². The van der Waals surface area contributed by atoms with Crippen molar-refractivity contribution in [1.29, 1.82) is 0 Å². The first-order valence-corrected chi connectivity index (χ1v) is 8.95. The van der Waals surface area contributed by atoms with Crippen LogP contribution in [-0.4, -0.2) is 32.7 Å². The van der Waals surface area contributed by atoms with Gasteiger partial charge in [-0.1, -0.05) is 24.3 Å². The Kier molecular flexibility index (Phi) is 5.72. The Morgan fingerprint density at radius 3 is 2.19 bits per heavy atom. The first-order chi connectivity index (χ1) is 12.1. The molecule has 2 aromatic rings. The first kappa shape index (κ1) is 19.9. The van der Waals surface area contributed by atoms with Crippen molar-refractivity contribution in [3.63, 3.8) is 0 Å². The van der Waals surface area contributed by atoms with E-state index in [-0.39, 0.29) is 12.5 Å². The van der Waals surface area contributed by atoms with E-state index >= 15 is 0 Å². The Morgan fingerprint density at radius 2 is 1.65 bits per heavy atom. The lowest BCUT2D eigenvalue weighted by Gasteiger charge is -2.20. The highest BCUT2D eigenvalue weighted by molar-refractivity contribution is 7.89. The zero-order valence-corrected chi connectivity index (χ0v) is 14.9. The van der Waals surface area contributed by atoms with Gasteiger partial charge >= 0.3 is 6.18 Å². The maximum Gasteiger partial charge on any atom is 0.417 e. The monoisotopic (exact) mass is 386 g/mol. The quantitative estimate of drug-likeness (QED) is 0.859. The van der Waals surface area contributed by atoms with Crippen LogP contribution in [0.3, 0.4) is 0 Å². The van der Waals surface area contributed by atoms with Crippen molar-refractivity contribution >= 4 is 15.9 Å². The average Bonchev–Trinajstić information content (AvgIpc) is 2.61. The minimum Gasteiger partial charge on any atom is -0.355 e. The van der Waals surface area contributed by atoms with Crippen LogP contribution in [0.2, 0.25) is 0 Å². The van der Waals surface area contributed by atoms with E-state index in [1.165, 1.54) is 32.3 Å². The van der Waals surface area contributed by atoms with E-state index in [1.807, 2.05) is 0 Å². The number of hydrogen-bond acceptors (Lipinski definition) is 3. The summed E-state index contributed by atoms with van der Waals surface area (Å²) in [6.07, 6.45) is -4.78. The largest absolute Gasteiger partial charge is 0.417 e. The molecule has 26 heavy (non-hydrogen) atoms. The van der Waals surface area contributed by atoms with Crippen molar-refractivity contribution < 1.29 is 26.4 Å². The van der Waals surface area contributed by atoms with Crippen molar-refractivity contribution in [2.75, 3.05) is 14.1 Å². The molecule has 1 N–H and O–H groups in total. The molecule has 0 radical (unpaired) electrons. The topological polar surface area (TPSA) is 66.5 Å². The van der Waals surface area contributed by atoms with E-state index in [1.54, 1.807) is 12.1 Å². The summed E-state index contributed by atoms with van der Waals surface area (Å²) >= 11 is 0. The number of sulfonamides is 1. The fraction of sp³-hybridized carbons (Fsp3) is 0.235. The second kappa shape index (κ2) is 7.46. The SMILES string of the molecule is CNC(=O)c1ccc(CN(C)S(=O)(=O)c2ccccc2C(F)(F)F)cc1. The number of carbonyl (C=O) groups is 1. The van der Waals surface area contributed by atoms with Crippen LogP contribution in [0, 0.1) is 0 Å². The highest BCUT2D eigenvalue weighted by Gasteiger charge is 2.38. The number of halogens is 3. The molecule has 0 aromatic heterocycles. The third-order valence-corrected chi connectivity index (χ3v) is 5.59. The van der Waals surface area contributed by atoms with Crippen LogP contribution in [0.25, 0.3) is 0 Å². The van der Waals surface area contributed by atoms with Gasteiger partial charge in [0.2, 0.25) is 10.0 Å². The van der Waals surface area contributed by atoms with Crippen molar-refractivity contribution in [1.82, 2.24) is 9.62 Å². The van der Waals surface area contributed by atoms with Gasteiger partial charge in [0.1, 0.15) is 0 Å². The van der Waals surface area contributed by atoms with Crippen LogP contribution in [0.4, 0.5) is 13.2 Å². The van der Waals surface area contributed by atoms with Crippen LogP contribution in [0.5, 0.6) is 0 Å². The molecule has 0 atom stereocenters. The Morgan fingerprint density at radius 1 is 1.08 bits per heavy atom. The number of amides is 1. The highest BCUT2D eigenvalue weighted by Crippen LogP contribution is 2.35. The minimum atomic E-state index is -4.78. The van der Waals surface area contributed by atoms with E-state index in [0.717, 1.165) is 22.5 Å². The molecule has 5 nitrogen and oxygen atoms in total. The number of hydrogen-bond donors (Lipinski definition) is 1. The molecule has 2 rings (SSSR count). The number of benzene rings is 2. The Balaban J connectivity index is 2.29. The molecule has 2 aromatic carbocycles. The minimum absolute atomic E-state index is 0.136. The fourth-order valence-electron chi connectivity index (χ4n) is 2.34. The van der Waals surface area contributed by atoms with E-state index in [9.17, 15) is 26.4 Å². The lowest BCUT2D eigenvalue weighted by Crippen LogP contribution is -2.28. The van der Waals surface area contributed by atoms with E-state index in [4.69, 9.17) is 0 Å². The zero-order chi connectivity index (χ0) is 19.5. The molecule has 0 spiro atoms. The molecule has 0 unspecified atom stereocenters. The molecule has 0 heterocycles. The van der Waals surface area contributed by atoms with E-state index in [2.05, 4.69) is 5.32 Å². The van der Waals surface area contributed by atoms with Crippen LogP contribution in [0.15, 0.2) is 53.4 Å². The molecule has 0 saturated heterocycles. The molecular weight excluding hydrogens is 369 g/mol. The number of carbonyl (C=O) groups excluding carboxylic acids is 1. The Bertz CT molecular complexity index is 894. The number of nitrogens with one attached hydrogen (secondary N) is 1. The summed E-state index contributed by atoms with van der Waals surface area (Å²) in [6.45, 7) is -0.136. The second-order valence-corrected chi connectivity index (χ2v) is 7.54. The van der Waals surface area contributed by atoms with Crippen LogP contribution in [-0.2, 0) is 22.7 Å². The predicted octanol–water partition coefficient (Wildman–Crippen LogP) is 2.89. The lowest BCUT2D eigenvalue weighted by molar-refractivity contribution is -0.139. The van der Waals surface area contributed by atoms with Gasteiger partial charge in [0.25, 0.3) is 5.91 Å². The molecule has 0 aliphatic heterocycles. The smallest absolute Gasteiger partial charge is 0.355 e. The average molecular weight is 386 g/mol.